The Morgan fingerprint density at radius 3 is 1.58 bits per heavy atom. The Bertz CT molecular complexity index is 699. The third-order valence-electron chi connectivity index (χ3n) is 2.33. The number of nitrogens with one attached hydrogen (secondary N) is 2. The van der Waals surface area contributed by atoms with Gasteiger partial charge < -0.3 is 11.5 Å². The molecule has 0 heterocycles. The lowest BCUT2D eigenvalue weighted by molar-refractivity contribution is -0.394. The van der Waals surface area contributed by atoms with Crippen LogP contribution in [-0.4, -0.2) is 34.3 Å². The highest BCUT2D eigenvalue weighted by Gasteiger charge is 2.23. The van der Waals surface area contributed by atoms with E-state index in [1.54, 1.807) is 0 Å². The van der Waals surface area contributed by atoms with Gasteiger partial charge in [0.15, 0.2) is 0 Å². The number of hydrogen-bond acceptors (Lipinski definition) is 8. The minimum Gasteiger partial charge on any atom is -0.350 e. The molecule has 0 saturated carbocycles. The maximum absolute atomic E-state index is 11.0. The van der Waals surface area contributed by atoms with Gasteiger partial charge in [0.1, 0.15) is 0 Å². The van der Waals surface area contributed by atoms with Crippen LogP contribution in [0.3, 0.4) is 0 Å². The van der Waals surface area contributed by atoms with E-state index in [2.05, 4.69) is 10.2 Å². The van der Waals surface area contributed by atoms with Crippen molar-refractivity contribution in [2.75, 3.05) is 0 Å². The Morgan fingerprint density at radius 2 is 1.29 bits per heavy atom. The number of benzene rings is 1. The van der Waals surface area contributed by atoms with E-state index in [9.17, 15) is 29.8 Å². The summed E-state index contributed by atoms with van der Waals surface area (Å²) in [5.41, 5.74) is 11.6. The molecule has 24 heavy (non-hydrogen) atoms. The molecule has 126 valence electrons. The molecule has 0 atom stereocenters. The fraction of sp³-hybridized carbons (Fsp3) is 0. The standard InChI is InChI=1S/C10H10N8O6/c11-9(19)15-13-3-5-1-6(4-14-16-10(12)20)8(18(23)24)2-7(5)17(21)22/h1-4H,(H3,11,15,19)(H3,12,16,20)/b13-3-,14-4-. The summed E-state index contributed by atoms with van der Waals surface area (Å²) in [7, 11) is 0. The molecule has 0 fully saturated rings. The topological polar surface area (TPSA) is 221 Å². The molecule has 0 aliphatic heterocycles. The molecule has 14 nitrogen and oxygen atoms in total. The van der Waals surface area contributed by atoms with Gasteiger partial charge in [-0.3, -0.25) is 20.2 Å². The van der Waals surface area contributed by atoms with Crippen LogP contribution in [0.15, 0.2) is 22.3 Å². The van der Waals surface area contributed by atoms with E-state index in [0.29, 0.717) is 6.07 Å². The number of amides is 4. The number of primary amides is 2. The molecule has 4 amide bonds. The minimum absolute atomic E-state index is 0.181. The van der Waals surface area contributed by atoms with E-state index in [-0.39, 0.29) is 11.1 Å². The number of nitro groups is 2. The summed E-state index contributed by atoms with van der Waals surface area (Å²) in [4.78, 5) is 41.3. The van der Waals surface area contributed by atoms with E-state index in [0.717, 1.165) is 18.5 Å². The van der Waals surface area contributed by atoms with Crippen LogP contribution in [0.25, 0.3) is 0 Å². The molecule has 0 aliphatic carbocycles. The van der Waals surface area contributed by atoms with Crippen molar-refractivity contribution in [1.82, 2.24) is 10.9 Å². The summed E-state index contributed by atoms with van der Waals surface area (Å²) in [5, 5.41) is 28.7. The van der Waals surface area contributed by atoms with Crippen LogP contribution in [0.1, 0.15) is 11.1 Å². The zero-order valence-electron chi connectivity index (χ0n) is 11.7. The van der Waals surface area contributed by atoms with Crippen LogP contribution in [0.4, 0.5) is 21.0 Å². The minimum atomic E-state index is -1.01. The highest BCUT2D eigenvalue weighted by atomic mass is 16.6. The van der Waals surface area contributed by atoms with Crippen molar-refractivity contribution >= 4 is 35.9 Å². The average Bonchev–Trinajstić information content (AvgIpc) is 2.45. The number of nitrogens with zero attached hydrogens (tertiary/aromatic N) is 4. The molecule has 1 rings (SSSR count). The van der Waals surface area contributed by atoms with Gasteiger partial charge in [-0.15, -0.1) is 0 Å². The van der Waals surface area contributed by atoms with Crippen LogP contribution >= 0.6 is 0 Å². The normalized spacial score (nSPS) is 10.7. The lowest BCUT2D eigenvalue weighted by Crippen LogP contribution is -2.24. The monoisotopic (exact) mass is 338 g/mol. The molecule has 1 aromatic carbocycles. The maximum atomic E-state index is 11.0. The van der Waals surface area contributed by atoms with Crippen molar-refractivity contribution in [2.45, 2.75) is 0 Å². The average molecular weight is 338 g/mol. The SMILES string of the molecule is NC(=O)N/N=C\c1cc(/C=N\NC(N)=O)c([N+](=O)[O-])cc1[N+](=O)[O-]. The van der Waals surface area contributed by atoms with Gasteiger partial charge in [-0.05, 0) is 6.07 Å². The summed E-state index contributed by atoms with van der Waals surface area (Å²) in [6.45, 7) is 0. The Labute approximate surface area is 132 Å². The van der Waals surface area contributed by atoms with E-state index < -0.39 is 33.3 Å². The van der Waals surface area contributed by atoms with Gasteiger partial charge in [0, 0.05) is 0 Å². The molecule has 0 bridgehead atoms. The van der Waals surface area contributed by atoms with Gasteiger partial charge in [-0.1, -0.05) is 0 Å². The molecule has 0 radical (unpaired) electrons. The summed E-state index contributed by atoms with van der Waals surface area (Å²) in [6, 6.07) is -0.335. The van der Waals surface area contributed by atoms with Gasteiger partial charge in [0.05, 0.1) is 39.5 Å². The Morgan fingerprint density at radius 1 is 0.917 bits per heavy atom. The Balaban J connectivity index is 3.39. The fourth-order valence-electron chi connectivity index (χ4n) is 1.47. The van der Waals surface area contributed by atoms with Crippen LogP contribution in [0.5, 0.6) is 0 Å². The largest absolute Gasteiger partial charge is 0.350 e. The third kappa shape index (κ3) is 5.02. The summed E-state index contributed by atoms with van der Waals surface area (Å²) >= 11 is 0. The lowest BCUT2D eigenvalue weighted by Gasteiger charge is -2.02. The third-order valence-corrected chi connectivity index (χ3v) is 2.33. The maximum Gasteiger partial charge on any atom is 0.332 e. The number of nitrogens with two attached hydrogens (primary N) is 2. The van der Waals surface area contributed by atoms with Gasteiger partial charge >= 0.3 is 12.1 Å². The van der Waals surface area contributed by atoms with Gasteiger partial charge in [0.25, 0.3) is 11.4 Å². The number of nitro benzene ring substituents is 2. The van der Waals surface area contributed by atoms with E-state index >= 15 is 0 Å². The van der Waals surface area contributed by atoms with E-state index in [1.807, 2.05) is 10.9 Å². The number of hydrogen-bond donors (Lipinski definition) is 4. The van der Waals surface area contributed by atoms with Crippen molar-refractivity contribution in [3.63, 3.8) is 0 Å². The van der Waals surface area contributed by atoms with Crippen LogP contribution in [0, 0.1) is 20.2 Å². The molecule has 0 saturated heterocycles. The molecule has 0 aromatic heterocycles. The Hall–Kier alpha value is -4.10. The second-order valence-electron chi connectivity index (χ2n) is 3.95. The first-order chi connectivity index (χ1) is 11.2. The van der Waals surface area contributed by atoms with Crippen LogP contribution < -0.4 is 22.3 Å². The second kappa shape index (κ2) is 7.78. The molecule has 6 N–H and O–H groups in total. The summed E-state index contributed by atoms with van der Waals surface area (Å²) < 4.78 is 0. The number of carbonyl (C=O) groups excluding carboxylic acids is 2. The van der Waals surface area contributed by atoms with E-state index in [4.69, 9.17) is 11.5 Å². The molecule has 0 unspecified atom stereocenters. The van der Waals surface area contributed by atoms with Crippen molar-refractivity contribution in [3.05, 3.63) is 43.5 Å². The fourth-order valence-corrected chi connectivity index (χ4v) is 1.47. The predicted molar refractivity (Wildman–Crippen MR) is 80.4 cm³/mol. The molecule has 14 heteroatoms. The Kier molecular flexibility index (Phi) is 5.82. The van der Waals surface area contributed by atoms with Crippen LogP contribution in [-0.2, 0) is 0 Å². The highest BCUT2D eigenvalue weighted by Crippen LogP contribution is 2.27. The number of rotatable bonds is 6. The van der Waals surface area contributed by atoms with Crippen molar-refractivity contribution < 1.29 is 19.4 Å². The molecular weight excluding hydrogens is 328 g/mol. The molecule has 0 aliphatic rings. The highest BCUT2D eigenvalue weighted by molar-refractivity contribution is 5.94. The quantitative estimate of drug-likeness (QED) is 0.304. The van der Waals surface area contributed by atoms with Gasteiger partial charge in [-0.2, -0.15) is 10.2 Å². The first kappa shape index (κ1) is 18.0. The predicted octanol–water partition coefficient (Wildman–Crippen LogP) is -0.493. The number of carbonyl (C=O) groups is 2. The number of hydrazone groups is 2. The summed E-state index contributed by atoms with van der Waals surface area (Å²) in [6.07, 6.45) is 1.73. The van der Waals surface area contributed by atoms with Crippen molar-refractivity contribution in [3.8, 4) is 0 Å². The first-order valence-electron chi connectivity index (χ1n) is 5.86. The van der Waals surface area contributed by atoms with Crippen molar-refractivity contribution in [1.29, 1.82) is 0 Å². The molecule has 0 spiro atoms. The lowest BCUT2D eigenvalue weighted by atomic mass is 10.1. The van der Waals surface area contributed by atoms with Crippen LogP contribution in [0.2, 0.25) is 0 Å². The second-order valence-corrected chi connectivity index (χ2v) is 3.95. The smallest absolute Gasteiger partial charge is 0.332 e. The zero-order chi connectivity index (χ0) is 18.3. The zero-order valence-corrected chi connectivity index (χ0v) is 11.7. The summed E-state index contributed by atoms with van der Waals surface area (Å²) in [5.74, 6) is 0. The van der Waals surface area contributed by atoms with E-state index in [1.165, 1.54) is 0 Å². The van der Waals surface area contributed by atoms with Gasteiger partial charge in [-0.25, -0.2) is 20.4 Å². The van der Waals surface area contributed by atoms with Gasteiger partial charge in [0.2, 0.25) is 0 Å². The molecule has 1 aromatic rings. The first-order valence-corrected chi connectivity index (χ1v) is 5.86. The molecular formula is C10H10N8O6. The van der Waals surface area contributed by atoms with Crippen molar-refractivity contribution in [2.24, 2.45) is 21.7 Å². The number of urea groups is 2.